The van der Waals surface area contributed by atoms with Crippen LogP contribution in [0.3, 0.4) is 0 Å². The van der Waals surface area contributed by atoms with Crippen molar-refractivity contribution < 1.29 is 9.53 Å². The van der Waals surface area contributed by atoms with Crippen molar-refractivity contribution in [2.45, 2.75) is 20.0 Å². The minimum atomic E-state index is -0.175. The second-order valence-electron chi connectivity index (χ2n) is 2.65. The van der Waals surface area contributed by atoms with Crippen molar-refractivity contribution in [2.75, 3.05) is 13.2 Å². The fourth-order valence-electron chi connectivity index (χ4n) is 0.488. The SMILES string of the molecule is C=C(Cl)CNC(=O)COC(C)C. The third-order valence-electron chi connectivity index (χ3n) is 1.03. The van der Waals surface area contributed by atoms with Crippen molar-refractivity contribution in [3.63, 3.8) is 0 Å². The number of carbonyl (C=O) groups is 1. The van der Waals surface area contributed by atoms with E-state index >= 15 is 0 Å². The zero-order valence-electron chi connectivity index (χ0n) is 7.39. The van der Waals surface area contributed by atoms with Crippen LogP contribution in [-0.2, 0) is 9.53 Å². The first-order valence-corrected chi connectivity index (χ1v) is 4.11. The van der Waals surface area contributed by atoms with Gasteiger partial charge in [0.05, 0.1) is 12.6 Å². The van der Waals surface area contributed by atoms with Gasteiger partial charge >= 0.3 is 0 Å². The Kier molecular flexibility index (Phi) is 5.76. The maximum atomic E-state index is 10.9. The Bertz CT molecular complexity index is 168. The Morgan fingerprint density at radius 2 is 2.25 bits per heavy atom. The van der Waals surface area contributed by atoms with Gasteiger partial charge in [0.1, 0.15) is 6.61 Å². The lowest BCUT2D eigenvalue weighted by Crippen LogP contribution is -2.29. The van der Waals surface area contributed by atoms with Gasteiger partial charge in [-0.15, -0.1) is 0 Å². The Morgan fingerprint density at radius 3 is 2.67 bits per heavy atom. The van der Waals surface area contributed by atoms with Crippen LogP contribution in [0, 0.1) is 0 Å². The van der Waals surface area contributed by atoms with Gasteiger partial charge in [-0.25, -0.2) is 0 Å². The van der Waals surface area contributed by atoms with Gasteiger partial charge in [0.2, 0.25) is 5.91 Å². The second-order valence-corrected chi connectivity index (χ2v) is 3.19. The standard InChI is InChI=1S/C8H14ClNO2/c1-6(2)12-5-8(11)10-4-7(3)9/h6H,3-5H2,1-2H3,(H,10,11). The molecule has 0 saturated carbocycles. The average molecular weight is 192 g/mol. The zero-order valence-corrected chi connectivity index (χ0v) is 8.15. The van der Waals surface area contributed by atoms with Gasteiger partial charge in [-0.1, -0.05) is 18.2 Å². The highest BCUT2D eigenvalue weighted by Crippen LogP contribution is 1.92. The summed E-state index contributed by atoms with van der Waals surface area (Å²) in [4.78, 5) is 10.9. The quantitative estimate of drug-likeness (QED) is 0.711. The van der Waals surface area contributed by atoms with Crippen molar-refractivity contribution in [3.8, 4) is 0 Å². The molecule has 12 heavy (non-hydrogen) atoms. The van der Waals surface area contributed by atoms with E-state index in [0.29, 0.717) is 11.6 Å². The van der Waals surface area contributed by atoms with Crippen molar-refractivity contribution in [1.29, 1.82) is 0 Å². The summed E-state index contributed by atoms with van der Waals surface area (Å²) in [7, 11) is 0. The van der Waals surface area contributed by atoms with E-state index < -0.39 is 0 Å². The maximum Gasteiger partial charge on any atom is 0.246 e. The number of hydrogen-bond acceptors (Lipinski definition) is 2. The molecule has 4 heteroatoms. The van der Waals surface area contributed by atoms with Gasteiger partial charge in [-0.05, 0) is 13.8 Å². The Labute approximate surface area is 77.7 Å². The van der Waals surface area contributed by atoms with E-state index in [1.54, 1.807) is 0 Å². The molecule has 0 radical (unpaired) electrons. The first-order chi connectivity index (χ1) is 5.52. The van der Waals surface area contributed by atoms with E-state index in [4.69, 9.17) is 16.3 Å². The number of rotatable bonds is 5. The number of hydrogen-bond donors (Lipinski definition) is 1. The summed E-state index contributed by atoms with van der Waals surface area (Å²) in [5.74, 6) is -0.175. The predicted octanol–water partition coefficient (Wildman–Crippen LogP) is 1.28. The van der Waals surface area contributed by atoms with Crippen LogP contribution in [0.4, 0.5) is 0 Å². The van der Waals surface area contributed by atoms with Gasteiger partial charge in [0.25, 0.3) is 0 Å². The summed E-state index contributed by atoms with van der Waals surface area (Å²) in [5.41, 5.74) is 0. The molecular weight excluding hydrogens is 178 g/mol. The first kappa shape index (κ1) is 11.5. The van der Waals surface area contributed by atoms with Crippen LogP contribution >= 0.6 is 11.6 Å². The number of nitrogens with one attached hydrogen (secondary N) is 1. The molecule has 0 atom stereocenters. The fraction of sp³-hybridized carbons (Fsp3) is 0.625. The van der Waals surface area contributed by atoms with E-state index in [0.717, 1.165) is 0 Å². The third-order valence-corrected chi connectivity index (χ3v) is 1.16. The van der Waals surface area contributed by atoms with Crippen LogP contribution in [0.2, 0.25) is 0 Å². The maximum absolute atomic E-state index is 10.9. The molecular formula is C8H14ClNO2. The summed E-state index contributed by atoms with van der Waals surface area (Å²) in [6.45, 7) is 7.53. The molecule has 0 unspecified atom stereocenters. The molecule has 0 heterocycles. The molecule has 0 aromatic carbocycles. The normalized spacial score (nSPS) is 10.0. The molecule has 0 aliphatic heterocycles. The zero-order chi connectivity index (χ0) is 9.56. The van der Waals surface area contributed by atoms with Crippen molar-refractivity contribution in [1.82, 2.24) is 5.32 Å². The summed E-state index contributed by atoms with van der Waals surface area (Å²) in [6.07, 6.45) is 0.0648. The monoisotopic (exact) mass is 191 g/mol. The van der Waals surface area contributed by atoms with Gasteiger partial charge < -0.3 is 10.1 Å². The minimum Gasteiger partial charge on any atom is -0.369 e. The van der Waals surface area contributed by atoms with Crippen LogP contribution in [0.5, 0.6) is 0 Å². The van der Waals surface area contributed by atoms with Crippen molar-refractivity contribution >= 4 is 17.5 Å². The molecule has 0 saturated heterocycles. The second kappa shape index (κ2) is 6.03. The number of halogens is 1. The lowest BCUT2D eigenvalue weighted by molar-refractivity contribution is -0.126. The molecule has 1 N–H and O–H groups in total. The number of ether oxygens (including phenoxy) is 1. The molecule has 0 aromatic heterocycles. The average Bonchev–Trinajstić information content (AvgIpc) is 1.96. The fourth-order valence-corrected chi connectivity index (χ4v) is 0.555. The minimum absolute atomic E-state index is 0.0648. The number of carbonyl (C=O) groups excluding carboxylic acids is 1. The summed E-state index contributed by atoms with van der Waals surface area (Å²) < 4.78 is 5.05. The first-order valence-electron chi connectivity index (χ1n) is 3.74. The molecule has 0 fully saturated rings. The predicted molar refractivity (Wildman–Crippen MR) is 49.1 cm³/mol. The topological polar surface area (TPSA) is 38.3 Å². The van der Waals surface area contributed by atoms with Gasteiger partial charge in [0, 0.05) is 5.03 Å². The third kappa shape index (κ3) is 7.57. The van der Waals surface area contributed by atoms with Gasteiger partial charge in [-0.2, -0.15) is 0 Å². The largest absolute Gasteiger partial charge is 0.369 e. The summed E-state index contributed by atoms with van der Waals surface area (Å²) in [5, 5.41) is 2.95. The van der Waals surface area contributed by atoms with Crippen LogP contribution < -0.4 is 5.32 Å². The van der Waals surface area contributed by atoms with Crippen LogP contribution in [0.25, 0.3) is 0 Å². The Hall–Kier alpha value is -0.540. The molecule has 0 rings (SSSR count). The molecule has 70 valence electrons. The Morgan fingerprint density at radius 1 is 1.67 bits per heavy atom. The van der Waals surface area contributed by atoms with Gasteiger partial charge in [-0.3, -0.25) is 4.79 Å². The highest BCUT2D eigenvalue weighted by Gasteiger charge is 2.01. The van der Waals surface area contributed by atoms with E-state index in [2.05, 4.69) is 11.9 Å². The molecule has 0 bridgehead atoms. The van der Waals surface area contributed by atoms with Crippen LogP contribution in [0.15, 0.2) is 11.6 Å². The Balaban J connectivity index is 3.40. The highest BCUT2D eigenvalue weighted by molar-refractivity contribution is 6.29. The lowest BCUT2D eigenvalue weighted by atomic mass is 10.5. The molecule has 3 nitrogen and oxygen atoms in total. The molecule has 0 spiro atoms. The number of amides is 1. The smallest absolute Gasteiger partial charge is 0.246 e. The lowest BCUT2D eigenvalue weighted by Gasteiger charge is -2.07. The van der Waals surface area contributed by atoms with E-state index in [9.17, 15) is 4.79 Å². The molecule has 0 aliphatic rings. The van der Waals surface area contributed by atoms with Crippen molar-refractivity contribution in [3.05, 3.63) is 11.6 Å². The van der Waals surface area contributed by atoms with E-state index in [1.165, 1.54) is 0 Å². The molecule has 0 aromatic rings. The molecule has 1 amide bonds. The van der Waals surface area contributed by atoms with E-state index in [-0.39, 0.29) is 18.6 Å². The summed E-state index contributed by atoms with van der Waals surface area (Å²) in [6, 6.07) is 0. The van der Waals surface area contributed by atoms with E-state index in [1.807, 2.05) is 13.8 Å². The highest BCUT2D eigenvalue weighted by atomic mass is 35.5. The summed E-state index contributed by atoms with van der Waals surface area (Å²) >= 11 is 5.43. The van der Waals surface area contributed by atoms with Gasteiger partial charge in [0.15, 0.2) is 0 Å². The van der Waals surface area contributed by atoms with Crippen molar-refractivity contribution in [2.24, 2.45) is 0 Å². The van der Waals surface area contributed by atoms with Crippen LogP contribution in [0.1, 0.15) is 13.8 Å². The van der Waals surface area contributed by atoms with Crippen LogP contribution in [-0.4, -0.2) is 25.2 Å². The molecule has 0 aliphatic carbocycles.